The molecule has 0 atom stereocenters. The summed E-state index contributed by atoms with van der Waals surface area (Å²) in [5.41, 5.74) is 4.11. The van der Waals surface area contributed by atoms with Crippen LogP contribution >= 0.6 is 11.7 Å². The maximum Gasteiger partial charge on any atom is 0.245 e. The number of benzene rings is 1. The summed E-state index contributed by atoms with van der Waals surface area (Å²) in [5, 5.41) is 1.05. The van der Waals surface area contributed by atoms with Gasteiger partial charge >= 0.3 is 0 Å². The predicted molar refractivity (Wildman–Crippen MR) is 105 cm³/mol. The first-order chi connectivity index (χ1) is 13.1. The highest BCUT2D eigenvalue weighted by molar-refractivity contribution is 7.89. The highest BCUT2D eigenvalue weighted by Crippen LogP contribution is 2.31. The van der Waals surface area contributed by atoms with Crippen LogP contribution in [0, 0.1) is 0 Å². The van der Waals surface area contributed by atoms with Crippen molar-refractivity contribution < 1.29 is 8.42 Å². The Balaban J connectivity index is 1.48. The van der Waals surface area contributed by atoms with E-state index in [4.69, 9.17) is 0 Å². The molecule has 0 fully saturated rings. The predicted octanol–water partition coefficient (Wildman–Crippen LogP) is 3.05. The van der Waals surface area contributed by atoms with Crippen LogP contribution < -0.4 is 0 Å². The smallest absolute Gasteiger partial charge is 0.245 e. The Morgan fingerprint density at radius 1 is 1.15 bits per heavy atom. The summed E-state index contributed by atoms with van der Waals surface area (Å²) in [7, 11) is -3.62. The van der Waals surface area contributed by atoms with Crippen LogP contribution in [0.4, 0.5) is 0 Å². The van der Waals surface area contributed by atoms with Crippen LogP contribution in [0.3, 0.4) is 0 Å². The molecule has 0 radical (unpaired) electrons. The van der Waals surface area contributed by atoms with Crippen molar-refractivity contribution in [2.75, 3.05) is 13.1 Å². The number of aromatic amines is 1. The average Bonchev–Trinajstić information content (AvgIpc) is 3.34. The van der Waals surface area contributed by atoms with Gasteiger partial charge in [-0.05, 0) is 36.3 Å². The molecule has 3 aromatic heterocycles. The van der Waals surface area contributed by atoms with Crippen molar-refractivity contribution in [1.29, 1.82) is 0 Å². The fraction of sp³-hybridized carbons (Fsp3) is 0.167. The van der Waals surface area contributed by atoms with Crippen LogP contribution in [0.2, 0.25) is 0 Å². The SMILES string of the molecule is O=S(=O)(c1cccc2nsnc12)N1CC=C(c2c[nH]c3ncccc23)CC1. The second kappa shape index (κ2) is 6.22. The molecule has 0 saturated heterocycles. The molecule has 27 heavy (non-hydrogen) atoms. The summed E-state index contributed by atoms with van der Waals surface area (Å²) in [4.78, 5) is 7.71. The lowest BCUT2D eigenvalue weighted by Crippen LogP contribution is -2.34. The number of fused-ring (bicyclic) bond motifs is 2. The van der Waals surface area contributed by atoms with E-state index in [-0.39, 0.29) is 4.90 Å². The van der Waals surface area contributed by atoms with Crippen molar-refractivity contribution >= 4 is 49.4 Å². The second-order valence-corrected chi connectivity index (χ2v) is 8.77. The molecule has 9 heteroatoms. The van der Waals surface area contributed by atoms with Gasteiger partial charge in [0, 0.05) is 36.4 Å². The zero-order chi connectivity index (χ0) is 18.4. The second-order valence-electron chi connectivity index (χ2n) is 6.33. The zero-order valence-corrected chi connectivity index (χ0v) is 15.8. The van der Waals surface area contributed by atoms with E-state index >= 15 is 0 Å². The molecule has 4 heterocycles. The fourth-order valence-corrected chi connectivity index (χ4v) is 5.60. The molecular weight excluding hydrogens is 382 g/mol. The molecule has 0 saturated carbocycles. The van der Waals surface area contributed by atoms with E-state index in [9.17, 15) is 8.42 Å². The van der Waals surface area contributed by atoms with Crippen molar-refractivity contribution in [3.8, 4) is 0 Å². The summed E-state index contributed by atoms with van der Waals surface area (Å²) < 4.78 is 36.0. The lowest BCUT2D eigenvalue weighted by molar-refractivity contribution is 0.442. The first-order valence-electron chi connectivity index (χ1n) is 8.47. The Labute approximate surface area is 159 Å². The highest BCUT2D eigenvalue weighted by Gasteiger charge is 2.29. The van der Waals surface area contributed by atoms with E-state index in [1.807, 2.05) is 24.4 Å². The Morgan fingerprint density at radius 2 is 2.07 bits per heavy atom. The standard InChI is InChI=1S/C18H15N5O2S2/c24-27(25,16-5-1-4-15-17(16)22-26-21-15)23-9-6-12(7-10-23)14-11-20-18-13(14)3-2-8-19-18/h1-6,8,11H,7,9-10H2,(H,19,20). The largest absolute Gasteiger partial charge is 0.346 e. The van der Waals surface area contributed by atoms with E-state index in [0.29, 0.717) is 30.5 Å². The van der Waals surface area contributed by atoms with E-state index in [1.165, 1.54) is 4.31 Å². The van der Waals surface area contributed by atoms with Crippen molar-refractivity contribution in [1.82, 2.24) is 23.0 Å². The molecule has 1 aromatic carbocycles. The van der Waals surface area contributed by atoms with Gasteiger partial charge in [-0.25, -0.2) is 13.4 Å². The minimum Gasteiger partial charge on any atom is -0.346 e. The van der Waals surface area contributed by atoms with Crippen LogP contribution in [0.5, 0.6) is 0 Å². The van der Waals surface area contributed by atoms with Gasteiger partial charge in [-0.1, -0.05) is 12.1 Å². The minimum atomic E-state index is -3.62. The molecule has 5 rings (SSSR count). The number of nitrogens with one attached hydrogen (secondary N) is 1. The third kappa shape index (κ3) is 2.66. The average molecular weight is 397 g/mol. The van der Waals surface area contributed by atoms with E-state index in [0.717, 1.165) is 33.9 Å². The lowest BCUT2D eigenvalue weighted by Gasteiger charge is -2.25. The van der Waals surface area contributed by atoms with Gasteiger partial charge in [-0.3, -0.25) is 0 Å². The molecule has 1 N–H and O–H groups in total. The number of H-pyrrole nitrogens is 1. The molecule has 136 valence electrons. The van der Waals surface area contributed by atoms with Crippen molar-refractivity contribution in [3.63, 3.8) is 0 Å². The number of rotatable bonds is 3. The molecule has 4 aromatic rings. The van der Waals surface area contributed by atoms with E-state index < -0.39 is 10.0 Å². The number of hydrogen-bond donors (Lipinski definition) is 1. The van der Waals surface area contributed by atoms with Crippen LogP contribution in [-0.4, -0.2) is 44.5 Å². The van der Waals surface area contributed by atoms with Gasteiger partial charge in [0.25, 0.3) is 0 Å². The first kappa shape index (κ1) is 16.5. The maximum atomic E-state index is 13.1. The number of pyridine rings is 1. The summed E-state index contributed by atoms with van der Waals surface area (Å²) in [6.45, 7) is 0.758. The van der Waals surface area contributed by atoms with Gasteiger partial charge in [0.05, 0.1) is 11.7 Å². The van der Waals surface area contributed by atoms with Crippen molar-refractivity contribution in [3.05, 3.63) is 54.4 Å². The van der Waals surface area contributed by atoms with Crippen LogP contribution in [0.25, 0.3) is 27.6 Å². The third-order valence-electron chi connectivity index (χ3n) is 4.84. The monoisotopic (exact) mass is 397 g/mol. The molecule has 0 amide bonds. The Morgan fingerprint density at radius 3 is 2.93 bits per heavy atom. The quantitative estimate of drug-likeness (QED) is 0.574. The van der Waals surface area contributed by atoms with Crippen LogP contribution in [-0.2, 0) is 10.0 Å². The van der Waals surface area contributed by atoms with Gasteiger partial charge in [0.2, 0.25) is 10.0 Å². The highest BCUT2D eigenvalue weighted by atomic mass is 32.2. The summed E-state index contributed by atoms with van der Waals surface area (Å²) in [5.74, 6) is 0. The minimum absolute atomic E-state index is 0.224. The van der Waals surface area contributed by atoms with Gasteiger partial charge in [0.1, 0.15) is 21.6 Å². The first-order valence-corrected chi connectivity index (χ1v) is 10.6. The van der Waals surface area contributed by atoms with Crippen LogP contribution in [0.1, 0.15) is 12.0 Å². The Kier molecular flexibility index (Phi) is 3.81. The molecule has 1 aliphatic rings. The normalized spacial score (nSPS) is 16.1. The maximum absolute atomic E-state index is 13.1. The topological polar surface area (TPSA) is 91.8 Å². The molecule has 0 bridgehead atoms. The summed E-state index contributed by atoms with van der Waals surface area (Å²) in [6.07, 6.45) is 6.32. The third-order valence-corrected chi connectivity index (χ3v) is 7.28. The van der Waals surface area contributed by atoms with Gasteiger partial charge in [-0.2, -0.15) is 13.1 Å². The molecular formula is C18H15N5O2S2. The molecule has 7 nitrogen and oxygen atoms in total. The van der Waals surface area contributed by atoms with E-state index in [2.05, 4.69) is 18.7 Å². The number of nitrogens with zero attached hydrogens (tertiary/aromatic N) is 4. The zero-order valence-electron chi connectivity index (χ0n) is 14.2. The lowest BCUT2D eigenvalue weighted by atomic mass is 10.0. The fourth-order valence-electron chi connectivity index (χ4n) is 3.46. The Bertz CT molecular complexity index is 1290. The summed E-state index contributed by atoms with van der Waals surface area (Å²) in [6, 6.07) is 9.01. The molecule has 0 aliphatic carbocycles. The van der Waals surface area contributed by atoms with Gasteiger partial charge < -0.3 is 4.98 Å². The van der Waals surface area contributed by atoms with Crippen LogP contribution in [0.15, 0.2) is 53.7 Å². The van der Waals surface area contributed by atoms with Crippen molar-refractivity contribution in [2.45, 2.75) is 11.3 Å². The van der Waals surface area contributed by atoms with Gasteiger partial charge in [0.15, 0.2) is 0 Å². The van der Waals surface area contributed by atoms with E-state index in [1.54, 1.807) is 24.4 Å². The van der Waals surface area contributed by atoms with Gasteiger partial charge in [-0.15, -0.1) is 0 Å². The molecule has 0 spiro atoms. The summed E-state index contributed by atoms with van der Waals surface area (Å²) >= 11 is 1.03. The number of sulfonamides is 1. The number of aromatic nitrogens is 4. The Hall–Kier alpha value is -2.62. The molecule has 1 aliphatic heterocycles. The number of hydrogen-bond acceptors (Lipinski definition) is 6. The molecule has 0 unspecified atom stereocenters. The van der Waals surface area contributed by atoms with Crippen molar-refractivity contribution in [2.24, 2.45) is 0 Å².